The first-order chi connectivity index (χ1) is 13.6. The van der Waals surface area contributed by atoms with Gasteiger partial charge in [0, 0.05) is 26.2 Å². The zero-order valence-corrected chi connectivity index (χ0v) is 16.1. The average molecular weight is 375 g/mol. The fourth-order valence-electron chi connectivity index (χ4n) is 4.10. The second-order valence-corrected chi connectivity index (χ2v) is 7.35. The lowest BCUT2D eigenvalue weighted by atomic mass is 9.93. The van der Waals surface area contributed by atoms with E-state index in [0.29, 0.717) is 0 Å². The smallest absolute Gasteiger partial charge is 0.226 e. The van der Waals surface area contributed by atoms with Gasteiger partial charge in [-0.15, -0.1) is 0 Å². The number of nitrogens with zero attached hydrogens (tertiary/aromatic N) is 2. The quantitative estimate of drug-likeness (QED) is 0.872. The molecule has 0 aliphatic carbocycles. The summed E-state index contributed by atoms with van der Waals surface area (Å²) >= 11 is 0. The molecule has 0 spiro atoms. The minimum Gasteiger partial charge on any atom is -0.370 e. The predicted molar refractivity (Wildman–Crippen MR) is 112 cm³/mol. The third-order valence-electron chi connectivity index (χ3n) is 5.47. The number of para-hydroxylation sites is 2. The van der Waals surface area contributed by atoms with Gasteiger partial charge in [-0.3, -0.25) is 9.59 Å². The van der Waals surface area contributed by atoms with E-state index in [4.69, 9.17) is 0 Å². The summed E-state index contributed by atoms with van der Waals surface area (Å²) in [5, 5.41) is 3.08. The number of nitrogens with one attached hydrogen (secondary N) is 1. The summed E-state index contributed by atoms with van der Waals surface area (Å²) in [6.07, 6.45) is 6.28. The molecule has 144 valence electrons. The Morgan fingerprint density at radius 1 is 1.04 bits per heavy atom. The first kappa shape index (κ1) is 18.3. The lowest BCUT2D eigenvalue weighted by molar-refractivity contribution is -0.129. The monoisotopic (exact) mass is 375 g/mol. The highest BCUT2D eigenvalue weighted by atomic mass is 16.2. The zero-order valence-electron chi connectivity index (χ0n) is 16.1. The van der Waals surface area contributed by atoms with Crippen LogP contribution >= 0.6 is 0 Å². The molecular formula is C23H25N3O2. The Hall–Kier alpha value is -3.08. The first-order valence-electron chi connectivity index (χ1n) is 9.83. The van der Waals surface area contributed by atoms with Crippen LogP contribution in [-0.2, 0) is 9.59 Å². The Balaban J connectivity index is 1.55. The van der Waals surface area contributed by atoms with Crippen LogP contribution in [0.1, 0.15) is 43.4 Å². The number of carbonyl (C=O) groups excluding carboxylic acids is 2. The second kappa shape index (κ2) is 7.89. The van der Waals surface area contributed by atoms with Crippen LogP contribution in [0.5, 0.6) is 0 Å². The van der Waals surface area contributed by atoms with E-state index in [0.717, 1.165) is 35.6 Å². The predicted octanol–water partition coefficient (Wildman–Crippen LogP) is 4.19. The molecule has 28 heavy (non-hydrogen) atoms. The van der Waals surface area contributed by atoms with Crippen molar-refractivity contribution in [3.8, 4) is 0 Å². The van der Waals surface area contributed by atoms with Crippen molar-refractivity contribution in [2.45, 2.75) is 32.2 Å². The van der Waals surface area contributed by atoms with Crippen molar-refractivity contribution < 1.29 is 9.59 Å². The van der Waals surface area contributed by atoms with Crippen molar-refractivity contribution in [1.82, 2.24) is 4.90 Å². The van der Waals surface area contributed by atoms with E-state index in [9.17, 15) is 9.59 Å². The zero-order chi connectivity index (χ0) is 19.5. The van der Waals surface area contributed by atoms with Crippen molar-refractivity contribution in [1.29, 1.82) is 0 Å². The van der Waals surface area contributed by atoms with Crippen LogP contribution < -0.4 is 10.2 Å². The summed E-state index contributed by atoms with van der Waals surface area (Å²) in [4.78, 5) is 29.0. The maximum absolute atomic E-state index is 12.9. The largest absolute Gasteiger partial charge is 0.370 e. The standard InChI is InChI=1S/C23H25N3O2/c1-17(27)26-15-12-18-8-2-3-9-19(18)22(26)16-23(28)24-20-10-4-5-11-21(20)25-13-6-7-14-25/h2-5,8-12,15,22H,6-7,13-14,16H2,1H3,(H,24,28)/t22-/m0/s1. The van der Waals surface area contributed by atoms with E-state index < -0.39 is 0 Å². The van der Waals surface area contributed by atoms with Gasteiger partial charge in [0.05, 0.1) is 23.8 Å². The highest BCUT2D eigenvalue weighted by Crippen LogP contribution is 2.34. The van der Waals surface area contributed by atoms with E-state index >= 15 is 0 Å². The lowest BCUT2D eigenvalue weighted by Gasteiger charge is -2.32. The topological polar surface area (TPSA) is 52.7 Å². The molecule has 0 bridgehead atoms. The Morgan fingerprint density at radius 3 is 2.54 bits per heavy atom. The van der Waals surface area contributed by atoms with Gasteiger partial charge in [-0.05, 0) is 42.2 Å². The van der Waals surface area contributed by atoms with Gasteiger partial charge in [0.2, 0.25) is 11.8 Å². The molecule has 2 aromatic rings. The number of benzene rings is 2. The number of hydrogen-bond acceptors (Lipinski definition) is 3. The van der Waals surface area contributed by atoms with Crippen molar-refractivity contribution >= 4 is 29.3 Å². The highest BCUT2D eigenvalue weighted by Gasteiger charge is 2.28. The fraction of sp³-hybridized carbons (Fsp3) is 0.304. The maximum atomic E-state index is 12.9. The molecule has 0 radical (unpaired) electrons. The molecule has 2 aromatic carbocycles. The number of carbonyl (C=O) groups is 2. The van der Waals surface area contributed by atoms with E-state index in [1.54, 1.807) is 11.1 Å². The van der Waals surface area contributed by atoms with Gasteiger partial charge < -0.3 is 15.1 Å². The summed E-state index contributed by atoms with van der Waals surface area (Å²) in [7, 11) is 0. The summed E-state index contributed by atoms with van der Waals surface area (Å²) in [6, 6.07) is 15.6. The molecule has 2 aliphatic rings. The first-order valence-corrected chi connectivity index (χ1v) is 9.83. The summed E-state index contributed by atoms with van der Waals surface area (Å²) < 4.78 is 0. The van der Waals surface area contributed by atoms with Crippen molar-refractivity contribution in [3.05, 3.63) is 65.9 Å². The SMILES string of the molecule is CC(=O)N1C=Cc2ccccc2[C@@H]1CC(=O)Nc1ccccc1N1CCCC1. The van der Waals surface area contributed by atoms with Gasteiger partial charge in [0.1, 0.15) is 0 Å². The van der Waals surface area contributed by atoms with Crippen LogP contribution in [0.4, 0.5) is 11.4 Å². The average Bonchev–Trinajstić information content (AvgIpc) is 3.23. The van der Waals surface area contributed by atoms with Crippen molar-refractivity contribution in [2.75, 3.05) is 23.3 Å². The summed E-state index contributed by atoms with van der Waals surface area (Å²) in [5.74, 6) is -0.158. The summed E-state index contributed by atoms with van der Waals surface area (Å²) in [6.45, 7) is 3.57. The van der Waals surface area contributed by atoms with Gasteiger partial charge in [0.25, 0.3) is 0 Å². The minimum absolute atomic E-state index is 0.0685. The minimum atomic E-state index is -0.294. The highest BCUT2D eigenvalue weighted by molar-refractivity contribution is 5.95. The van der Waals surface area contributed by atoms with Gasteiger partial charge >= 0.3 is 0 Å². The maximum Gasteiger partial charge on any atom is 0.226 e. The van der Waals surface area contributed by atoms with Crippen LogP contribution in [0, 0.1) is 0 Å². The summed E-state index contributed by atoms with van der Waals surface area (Å²) in [5.41, 5.74) is 3.96. The van der Waals surface area contributed by atoms with Gasteiger partial charge in [-0.1, -0.05) is 36.4 Å². The number of amides is 2. The molecular weight excluding hydrogens is 350 g/mol. The van der Waals surface area contributed by atoms with E-state index in [1.165, 1.54) is 19.8 Å². The van der Waals surface area contributed by atoms with Gasteiger partial charge in [0.15, 0.2) is 0 Å². The number of rotatable bonds is 4. The van der Waals surface area contributed by atoms with Crippen LogP contribution in [-0.4, -0.2) is 29.8 Å². The molecule has 4 rings (SSSR count). The Morgan fingerprint density at radius 2 is 1.75 bits per heavy atom. The van der Waals surface area contributed by atoms with Gasteiger partial charge in [-0.2, -0.15) is 0 Å². The second-order valence-electron chi connectivity index (χ2n) is 7.35. The Labute approximate surface area is 165 Å². The molecule has 2 aliphatic heterocycles. The van der Waals surface area contributed by atoms with E-state index in [-0.39, 0.29) is 24.3 Å². The van der Waals surface area contributed by atoms with E-state index in [2.05, 4.69) is 16.3 Å². The molecule has 0 aromatic heterocycles. The lowest BCUT2D eigenvalue weighted by Crippen LogP contribution is -2.33. The fourth-order valence-corrected chi connectivity index (χ4v) is 4.10. The van der Waals surface area contributed by atoms with E-state index in [1.807, 2.05) is 48.5 Å². The van der Waals surface area contributed by atoms with Crippen LogP contribution in [0.3, 0.4) is 0 Å². The molecule has 1 saturated heterocycles. The number of anilines is 2. The Bertz CT molecular complexity index is 916. The number of fused-ring (bicyclic) bond motifs is 1. The van der Waals surface area contributed by atoms with Crippen LogP contribution in [0.15, 0.2) is 54.7 Å². The molecule has 1 atom stereocenters. The number of hydrogen-bond donors (Lipinski definition) is 1. The molecule has 0 saturated carbocycles. The molecule has 0 unspecified atom stereocenters. The third kappa shape index (κ3) is 3.65. The molecule has 2 amide bonds. The normalized spacial score (nSPS) is 18.1. The third-order valence-corrected chi connectivity index (χ3v) is 5.47. The Kier molecular flexibility index (Phi) is 5.15. The molecule has 1 fully saturated rings. The molecule has 2 heterocycles. The van der Waals surface area contributed by atoms with Crippen LogP contribution in [0.25, 0.3) is 6.08 Å². The van der Waals surface area contributed by atoms with Crippen LogP contribution in [0.2, 0.25) is 0 Å². The molecule has 1 N–H and O–H groups in total. The van der Waals surface area contributed by atoms with Crippen molar-refractivity contribution in [3.63, 3.8) is 0 Å². The molecule has 5 nitrogen and oxygen atoms in total. The molecule has 5 heteroatoms. The van der Waals surface area contributed by atoms with Crippen molar-refractivity contribution in [2.24, 2.45) is 0 Å². The van der Waals surface area contributed by atoms with Gasteiger partial charge in [-0.25, -0.2) is 0 Å².